The number of hydrogen-bond acceptors (Lipinski definition) is 4. The van der Waals surface area contributed by atoms with E-state index in [1.807, 2.05) is 0 Å². The molecular weight excluding hydrogens is 259 g/mol. The van der Waals surface area contributed by atoms with Gasteiger partial charge in [0.2, 0.25) is 11.9 Å². The van der Waals surface area contributed by atoms with Crippen LogP contribution in [0.15, 0.2) is 12.1 Å². The molecule has 0 amide bonds. The number of aromatic nitrogens is 3. The van der Waals surface area contributed by atoms with Crippen LogP contribution in [0.2, 0.25) is 0 Å². The lowest BCUT2D eigenvalue weighted by molar-refractivity contribution is 0.491. The Hall–Kier alpha value is -2.25. The van der Waals surface area contributed by atoms with E-state index in [0.29, 0.717) is 18.2 Å². The topological polar surface area (TPSA) is 68.8 Å². The first-order valence-electron chi connectivity index (χ1n) is 5.68. The average Bonchev–Trinajstić information content (AvgIpc) is 3.07. The van der Waals surface area contributed by atoms with Gasteiger partial charge in [0, 0.05) is 18.2 Å². The van der Waals surface area contributed by atoms with Gasteiger partial charge in [-0.15, -0.1) is 5.10 Å². The molecule has 19 heavy (non-hydrogen) atoms. The van der Waals surface area contributed by atoms with E-state index in [9.17, 15) is 13.2 Å². The predicted octanol–water partition coefficient (Wildman–Crippen LogP) is 1.84. The van der Waals surface area contributed by atoms with Crippen molar-refractivity contribution in [1.82, 2.24) is 14.8 Å². The van der Waals surface area contributed by atoms with Crippen molar-refractivity contribution in [3.8, 4) is 5.69 Å². The van der Waals surface area contributed by atoms with Crippen LogP contribution in [0.1, 0.15) is 12.8 Å². The molecule has 5 nitrogen and oxygen atoms in total. The minimum absolute atomic E-state index is 0.104. The molecule has 2 aromatic rings. The maximum Gasteiger partial charge on any atom is 0.244 e. The highest BCUT2D eigenvalue weighted by molar-refractivity contribution is 5.43. The van der Waals surface area contributed by atoms with Crippen LogP contribution in [0, 0.1) is 17.5 Å². The van der Waals surface area contributed by atoms with Crippen LogP contribution in [-0.4, -0.2) is 20.8 Å². The quantitative estimate of drug-likeness (QED) is 0.834. The van der Waals surface area contributed by atoms with Crippen molar-refractivity contribution < 1.29 is 13.2 Å². The molecule has 0 bridgehead atoms. The van der Waals surface area contributed by atoms with Gasteiger partial charge in [0.05, 0.1) is 0 Å². The molecule has 0 atom stereocenters. The zero-order valence-electron chi connectivity index (χ0n) is 9.70. The molecule has 1 saturated carbocycles. The summed E-state index contributed by atoms with van der Waals surface area (Å²) in [5.41, 5.74) is 5.31. The second-order valence-corrected chi connectivity index (χ2v) is 4.34. The Morgan fingerprint density at radius 1 is 1.16 bits per heavy atom. The van der Waals surface area contributed by atoms with Crippen LogP contribution >= 0.6 is 0 Å². The van der Waals surface area contributed by atoms with E-state index in [4.69, 9.17) is 5.73 Å². The third kappa shape index (κ3) is 2.20. The van der Waals surface area contributed by atoms with Gasteiger partial charge in [-0.1, -0.05) is 0 Å². The van der Waals surface area contributed by atoms with Gasteiger partial charge in [-0.2, -0.15) is 9.67 Å². The van der Waals surface area contributed by atoms with Gasteiger partial charge in [-0.05, 0) is 12.8 Å². The molecule has 1 aromatic carbocycles. The summed E-state index contributed by atoms with van der Waals surface area (Å²) < 4.78 is 40.5. The Bertz CT molecular complexity index is 636. The summed E-state index contributed by atoms with van der Waals surface area (Å²) in [7, 11) is 0. The number of rotatable bonds is 3. The Kier molecular flexibility index (Phi) is 2.58. The molecule has 8 heteroatoms. The van der Waals surface area contributed by atoms with Crippen molar-refractivity contribution in [1.29, 1.82) is 0 Å². The maximum atomic E-state index is 13.6. The lowest BCUT2D eigenvalue weighted by Crippen LogP contribution is -2.07. The molecule has 100 valence electrons. The molecule has 0 aliphatic heterocycles. The Morgan fingerprint density at radius 3 is 2.53 bits per heavy atom. The summed E-state index contributed by atoms with van der Waals surface area (Å²) in [4.78, 5) is 3.90. The Balaban J connectivity index is 2.00. The van der Waals surface area contributed by atoms with Crippen LogP contribution in [0.4, 0.5) is 25.1 Å². The van der Waals surface area contributed by atoms with Gasteiger partial charge in [0.15, 0.2) is 17.5 Å². The predicted molar refractivity (Wildman–Crippen MR) is 62.3 cm³/mol. The highest BCUT2D eigenvalue weighted by Gasteiger charge is 2.24. The van der Waals surface area contributed by atoms with Crippen LogP contribution in [0.25, 0.3) is 5.69 Å². The number of nitrogens with zero attached hydrogens (tertiary/aromatic N) is 3. The van der Waals surface area contributed by atoms with E-state index in [-0.39, 0.29) is 17.6 Å². The fraction of sp³-hybridized carbons (Fsp3) is 0.273. The Labute approximate surface area is 106 Å². The fourth-order valence-corrected chi connectivity index (χ4v) is 1.65. The minimum atomic E-state index is -1.27. The number of nitrogens with two attached hydrogens (primary N) is 1. The number of hydrogen-bond donors (Lipinski definition) is 2. The zero-order chi connectivity index (χ0) is 13.6. The summed E-state index contributed by atoms with van der Waals surface area (Å²) in [5.74, 6) is -3.27. The fourth-order valence-electron chi connectivity index (χ4n) is 1.65. The van der Waals surface area contributed by atoms with E-state index in [2.05, 4.69) is 15.4 Å². The summed E-state index contributed by atoms with van der Waals surface area (Å²) in [6.45, 7) is 0. The first-order valence-corrected chi connectivity index (χ1v) is 5.68. The second-order valence-electron chi connectivity index (χ2n) is 4.34. The summed E-state index contributed by atoms with van der Waals surface area (Å²) in [6, 6.07) is 1.43. The minimum Gasteiger partial charge on any atom is -0.368 e. The second kappa shape index (κ2) is 4.15. The molecule has 3 rings (SSSR count). The first kappa shape index (κ1) is 11.8. The molecule has 0 saturated heterocycles. The highest BCUT2D eigenvalue weighted by Crippen LogP contribution is 2.25. The van der Waals surface area contributed by atoms with E-state index in [1.54, 1.807) is 0 Å². The molecule has 0 unspecified atom stereocenters. The third-order valence-electron chi connectivity index (χ3n) is 2.76. The largest absolute Gasteiger partial charge is 0.368 e. The maximum absolute atomic E-state index is 13.6. The molecule has 0 radical (unpaired) electrons. The number of halogens is 3. The Morgan fingerprint density at radius 2 is 1.84 bits per heavy atom. The van der Waals surface area contributed by atoms with Crippen LogP contribution in [0.3, 0.4) is 0 Å². The number of nitrogen functional groups attached to an aromatic ring is 1. The lowest BCUT2D eigenvalue weighted by atomic mass is 10.3. The number of nitrogens with one attached hydrogen (secondary N) is 1. The van der Waals surface area contributed by atoms with Gasteiger partial charge >= 0.3 is 0 Å². The van der Waals surface area contributed by atoms with Crippen LogP contribution in [0.5, 0.6) is 0 Å². The molecule has 1 fully saturated rings. The van der Waals surface area contributed by atoms with E-state index >= 15 is 0 Å². The molecule has 1 heterocycles. The standard InChI is InChI=1S/C11H10F3N5/c12-6-3-8(14)9(4-7(6)13)19-10(15)17-11(18-19)16-5-1-2-5/h3-5H,1-2H2,(H3,15,16,17,18). The molecule has 3 N–H and O–H groups in total. The van der Waals surface area contributed by atoms with Crippen molar-refractivity contribution in [2.45, 2.75) is 18.9 Å². The van der Waals surface area contributed by atoms with Gasteiger partial charge in [-0.3, -0.25) is 0 Å². The van der Waals surface area contributed by atoms with E-state index in [0.717, 1.165) is 17.5 Å². The van der Waals surface area contributed by atoms with E-state index in [1.165, 1.54) is 0 Å². The normalized spacial score (nSPS) is 14.7. The molecule has 1 aliphatic carbocycles. The molecule has 0 spiro atoms. The lowest BCUT2D eigenvalue weighted by Gasteiger charge is -2.04. The van der Waals surface area contributed by atoms with Gasteiger partial charge < -0.3 is 11.1 Å². The van der Waals surface area contributed by atoms with Crippen molar-refractivity contribution in [2.75, 3.05) is 11.1 Å². The zero-order valence-corrected chi connectivity index (χ0v) is 9.70. The average molecular weight is 269 g/mol. The van der Waals surface area contributed by atoms with Crippen molar-refractivity contribution in [3.05, 3.63) is 29.6 Å². The van der Waals surface area contributed by atoms with Crippen molar-refractivity contribution in [2.24, 2.45) is 0 Å². The summed E-state index contributed by atoms with van der Waals surface area (Å²) in [5, 5.41) is 6.91. The smallest absolute Gasteiger partial charge is 0.244 e. The molecule has 1 aromatic heterocycles. The van der Waals surface area contributed by atoms with Crippen LogP contribution in [-0.2, 0) is 0 Å². The van der Waals surface area contributed by atoms with Gasteiger partial charge in [-0.25, -0.2) is 13.2 Å². The van der Waals surface area contributed by atoms with Gasteiger partial charge in [0.1, 0.15) is 5.69 Å². The number of anilines is 2. The van der Waals surface area contributed by atoms with Crippen molar-refractivity contribution >= 4 is 11.9 Å². The molecule has 1 aliphatic rings. The van der Waals surface area contributed by atoms with Crippen LogP contribution < -0.4 is 11.1 Å². The number of benzene rings is 1. The highest BCUT2D eigenvalue weighted by atomic mass is 19.2. The SMILES string of the molecule is Nc1nc(NC2CC2)nn1-c1cc(F)c(F)cc1F. The first-order chi connectivity index (χ1) is 9.04. The summed E-state index contributed by atoms with van der Waals surface area (Å²) in [6.07, 6.45) is 2.02. The summed E-state index contributed by atoms with van der Waals surface area (Å²) >= 11 is 0. The van der Waals surface area contributed by atoms with Gasteiger partial charge in [0.25, 0.3) is 0 Å². The molecular formula is C11H10F3N5. The monoisotopic (exact) mass is 269 g/mol. The third-order valence-corrected chi connectivity index (χ3v) is 2.76. The van der Waals surface area contributed by atoms with E-state index < -0.39 is 17.5 Å². The van der Waals surface area contributed by atoms with Crippen molar-refractivity contribution in [3.63, 3.8) is 0 Å².